The lowest BCUT2D eigenvalue weighted by Gasteiger charge is -2.39. The Morgan fingerprint density at radius 1 is 1.14 bits per heavy atom. The van der Waals surface area contributed by atoms with Gasteiger partial charge in [0.2, 0.25) is 11.8 Å². The number of benzene rings is 1. The maximum atomic E-state index is 13.2. The Morgan fingerprint density at radius 2 is 1.92 bits per heavy atom. The van der Waals surface area contributed by atoms with Gasteiger partial charge in [-0.05, 0) is 47.9 Å². The molecule has 190 valence electrons. The van der Waals surface area contributed by atoms with Crippen molar-refractivity contribution < 1.29 is 9.59 Å². The highest BCUT2D eigenvalue weighted by Crippen LogP contribution is 2.31. The minimum atomic E-state index is -0.184. The van der Waals surface area contributed by atoms with Crippen LogP contribution in [0.4, 0.5) is 11.6 Å². The molecule has 1 fully saturated rings. The van der Waals surface area contributed by atoms with Gasteiger partial charge in [0.1, 0.15) is 11.6 Å². The van der Waals surface area contributed by atoms with Gasteiger partial charge < -0.3 is 20.4 Å². The zero-order chi connectivity index (χ0) is 25.9. The number of likely N-dealkylation sites (tertiary alicyclic amines) is 1. The summed E-state index contributed by atoms with van der Waals surface area (Å²) < 4.78 is 0. The van der Waals surface area contributed by atoms with Crippen LogP contribution in [0.3, 0.4) is 0 Å². The molecular formula is C28H29ClN6O2. The molecule has 37 heavy (non-hydrogen) atoms. The molecule has 0 spiro atoms. The van der Waals surface area contributed by atoms with Crippen LogP contribution >= 0.6 is 11.6 Å². The number of pyridine rings is 2. The molecule has 0 aliphatic carbocycles. The van der Waals surface area contributed by atoms with E-state index in [9.17, 15) is 9.59 Å². The maximum absolute atomic E-state index is 13.2. The molecule has 0 atom stereocenters. The number of hydrogen-bond donors (Lipinski definition) is 2. The Bertz CT molecular complexity index is 1350. The molecule has 3 aromatic rings. The molecule has 4 heterocycles. The second-order valence-corrected chi connectivity index (χ2v) is 9.97. The first-order valence-electron chi connectivity index (χ1n) is 12.3. The van der Waals surface area contributed by atoms with Crippen molar-refractivity contribution in [2.24, 2.45) is 5.92 Å². The smallest absolute Gasteiger partial charge is 0.249 e. The Labute approximate surface area is 221 Å². The van der Waals surface area contributed by atoms with Crippen molar-refractivity contribution in [1.29, 1.82) is 0 Å². The topological polar surface area (TPSA) is 90.5 Å². The van der Waals surface area contributed by atoms with Crippen molar-refractivity contribution in [3.63, 3.8) is 0 Å². The van der Waals surface area contributed by atoms with Gasteiger partial charge in [-0.3, -0.25) is 9.59 Å². The third-order valence-corrected chi connectivity index (χ3v) is 6.84. The molecule has 5 rings (SSSR count). The Morgan fingerprint density at radius 3 is 2.65 bits per heavy atom. The summed E-state index contributed by atoms with van der Waals surface area (Å²) in [5.74, 6) is 1.82. The fourth-order valence-electron chi connectivity index (χ4n) is 4.57. The van der Waals surface area contributed by atoms with Gasteiger partial charge in [0, 0.05) is 54.6 Å². The second-order valence-electron chi connectivity index (χ2n) is 9.53. The van der Waals surface area contributed by atoms with E-state index in [0.717, 1.165) is 41.3 Å². The monoisotopic (exact) mass is 516 g/mol. The number of aromatic nitrogens is 2. The number of rotatable bonds is 7. The molecule has 2 N–H and O–H groups in total. The van der Waals surface area contributed by atoms with Crippen LogP contribution in [-0.4, -0.2) is 59.9 Å². The Hall–Kier alpha value is -3.91. The number of anilines is 2. The predicted molar refractivity (Wildman–Crippen MR) is 146 cm³/mol. The van der Waals surface area contributed by atoms with E-state index in [4.69, 9.17) is 16.6 Å². The van der Waals surface area contributed by atoms with Crippen LogP contribution in [0.5, 0.6) is 0 Å². The number of nitrogens with zero attached hydrogens (tertiary/aromatic N) is 4. The summed E-state index contributed by atoms with van der Waals surface area (Å²) in [6.45, 7) is 4.51. The van der Waals surface area contributed by atoms with Crippen LogP contribution in [0.25, 0.3) is 17.3 Å². The van der Waals surface area contributed by atoms with E-state index < -0.39 is 0 Å². The molecule has 2 aliphatic heterocycles. The number of carbonyl (C=O) groups excluding carboxylic acids is 2. The maximum Gasteiger partial charge on any atom is 0.249 e. The lowest BCUT2D eigenvalue weighted by atomic mass is 10.0. The highest BCUT2D eigenvalue weighted by atomic mass is 35.5. The van der Waals surface area contributed by atoms with Gasteiger partial charge in [0.25, 0.3) is 0 Å². The minimum absolute atomic E-state index is 0.0427. The summed E-state index contributed by atoms with van der Waals surface area (Å²) >= 11 is 5.97. The quantitative estimate of drug-likeness (QED) is 0.496. The first-order chi connectivity index (χ1) is 17.9. The van der Waals surface area contributed by atoms with Gasteiger partial charge in [0.05, 0.1) is 18.8 Å². The van der Waals surface area contributed by atoms with Crippen molar-refractivity contribution in [3.05, 3.63) is 76.5 Å². The van der Waals surface area contributed by atoms with E-state index in [1.54, 1.807) is 18.3 Å². The molecule has 0 radical (unpaired) electrons. The van der Waals surface area contributed by atoms with Gasteiger partial charge in [-0.25, -0.2) is 9.97 Å². The van der Waals surface area contributed by atoms with Crippen molar-refractivity contribution in [2.45, 2.75) is 13.5 Å². The highest BCUT2D eigenvalue weighted by Gasteiger charge is 2.31. The van der Waals surface area contributed by atoms with E-state index in [-0.39, 0.29) is 18.4 Å². The van der Waals surface area contributed by atoms with Gasteiger partial charge in [0.15, 0.2) is 0 Å². The molecule has 1 aromatic carbocycles. The number of amides is 2. The number of hydrogen-bond acceptors (Lipinski definition) is 6. The van der Waals surface area contributed by atoms with Crippen LogP contribution in [0.2, 0.25) is 5.02 Å². The summed E-state index contributed by atoms with van der Waals surface area (Å²) in [5.41, 5.74) is 3.90. The van der Waals surface area contributed by atoms with Crippen LogP contribution in [0.1, 0.15) is 18.1 Å². The fraction of sp³-hybridized carbons (Fsp3) is 0.286. The summed E-state index contributed by atoms with van der Waals surface area (Å²) in [7, 11) is 1.82. The SMILES string of the molecule is CNc1cccc(-c2cnc3c(c2)C=C(C(=O)NCc2ccc(Cl)cc2)CN3CC(=O)N2CC(C)C2)n1. The van der Waals surface area contributed by atoms with Crippen molar-refractivity contribution in [1.82, 2.24) is 20.2 Å². The average Bonchev–Trinajstić information content (AvgIpc) is 2.90. The molecule has 9 heteroatoms. The van der Waals surface area contributed by atoms with Crippen LogP contribution < -0.4 is 15.5 Å². The first kappa shape index (κ1) is 24.8. The van der Waals surface area contributed by atoms with Crippen molar-refractivity contribution >= 4 is 41.1 Å². The van der Waals surface area contributed by atoms with Gasteiger partial charge in [-0.15, -0.1) is 0 Å². The van der Waals surface area contributed by atoms with E-state index in [2.05, 4.69) is 22.5 Å². The molecule has 8 nitrogen and oxygen atoms in total. The number of fused-ring (bicyclic) bond motifs is 1. The predicted octanol–water partition coefficient (Wildman–Crippen LogP) is 3.84. The highest BCUT2D eigenvalue weighted by molar-refractivity contribution is 6.30. The van der Waals surface area contributed by atoms with E-state index in [1.807, 2.05) is 59.3 Å². The van der Waals surface area contributed by atoms with Gasteiger partial charge in [-0.1, -0.05) is 36.7 Å². The molecule has 2 aromatic heterocycles. The fourth-order valence-corrected chi connectivity index (χ4v) is 4.69. The lowest BCUT2D eigenvalue weighted by molar-refractivity contribution is -0.135. The molecule has 0 bridgehead atoms. The molecule has 0 unspecified atom stereocenters. The second kappa shape index (κ2) is 10.6. The summed E-state index contributed by atoms with van der Waals surface area (Å²) in [5, 5.41) is 6.69. The van der Waals surface area contributed by atoms with Gasteiger partial charge in [-0.2, -0.15) is 0 Å². The van der Waals surface area contributed by atoms with Crippen LogP contribution in [-0.2, 0) is 16.1 Å². The minimum Gasteiger partial charge on any atom is -0.373 e. The molecule has 2 aliphatic rings. The van der Waals surface area contributed by atoms with E-state index >= 15 is 0 Å². The van der Waals surface area contributed by atoms with E-state index in [0.29, 0.717) is 35.4 Å². The molecule has 0 saturated carbocycles. The van der Waals surface area contributed by atoms with Crippen LogP contribution in [0.15, 0.2) is 60.3 Å². The normalized spacial score (nSPS) is 14.9. The number of carbonyl (C=O) groups is 2. The molecule has 1 saturated heterocycles. The lowest BCUT2D eigenvalue weighted by Crippen LogP contribution is -2.52. The van der Waals surface area contributed by atoms with Gasteiger partial charge >= 0.3 is 0 Å². The summed E-state index contributed by atoms with van der Waals surface area (Å²) in [6.07, 6.45) is 3.63. The van der Waals surface area contributed by atoms with E-state index in [1.165, 1.54) is 0 Å². The largest absolute Gasteiger partial charge is 0.373 e. The standard InChI is InChI=1S/C28H29ClN6O2/c1-18-14-34(15-18)26(36)17-35-16-22(28(37)32-12-19-6-8-23(29)9-7-19)11-20-10-21(13-31-27(20)35)24-4-3-5-25(30-2)33-24/h3-11,13,18H,12,14-17H2,1-2H3,(H,30,33)(H,32,37). The third-order valence-electron chi connectivity index (χ3n) is 6.59. The third kappa shape index (κ3) is 5.59. The first-order valence-corrected chi connectivity index (χ1v) is 12.7. The average molecular weight is 517 g/mol. The molecular weight excluding hydrogens is 488 g/mol. The number of halogens is 1. The summed E-state index contributed by atoms with van der Waals surface area (Å²) in [4.78, 5) is 39.2. The van der Waals surface area contributed by atoms with Crippen molar-refractivity contribution in [2.75, 3.05) is 43.4 Å². The summed E-state index contributed by atoms with van der Waals surface area (Å²) in [6, 6.07) is 15.1. The zero-order valence-corrected chi connectivity index (χ0v) is 21.6. The Balaban J connectivity index is 1.41. The number of nitrogens with one attached hydrogen (secondary N) is 2. The zero-order valence-electron chi connectivity index (χ0n) is 20.9. The van der Waals surface area contributed by atoms with Crippen LogP contribution in [0, 0.1) is 5.92 Å². The Kier molecular flexibility index (Phi) is 7.10. The van der Waals surface area contributed by atoms with Crippen molar-refractivity contribution in [3.8, 4) is 11.3 Å². The molecule has 2 amide bonds.